The molecule has 2 heterocycles. The van der Waals surface area contributed by atoms with Gasteiger partial charge in [-0.25, -0.2) is 0 Å². The number of aliphatic imine (C=N–C) groups is 1. The van der Waals surface area contributed by atoms with Crippen LogP contribution in [0.3, 0.4) is 0 Å². The molecule has 1 atom stereocenters. The van der Waals surface area contributed by atoms with Gasteiger partial charge in [-0.2, -0.15) is 0 Å². The molecule has 0 saturated carbocycles. The third kappa shape index (κ3) is 4.23. The second-order valence-electron chi connectivity index (χ2n) is 7.69. The zero-order chi connectivity index (χ0) is 21.8. The second kappa shape index (κ2) is 8.92. The van der Waals surface area contributed by atoms with E-state index in [-0.39, 0.29) is 6.04 Å². The first kappa shape index (κ1) is 20.5. The third-order valence-electron chi connectivity index (χ3n) is 5.55. The van der Waals surface area contributed by atoms with Crippen LogP contribution >= 0.6 is 0 Å². The van der Waals surface area contributed by atoms with Gasteiger partial charge in [-0.3, -0.25) is 9.98 Å². The lowest BCUT2D eigenvalue weighted by atomic mass is 9.92. The van der Waals surface area contributed by atoms with Crippen molar-refractivity contribution in [1.29, 1.82) is 0 Å². The summed E-state index contributed by atoms with van der Waals surface area (Å²) in [5.74, 6) is 0. The zero-order valence-corrected chi connectivity index (χ0v) is 17.9. The quantitative estimate of drug-likeness (QED) is 0.485. The molecule has 2 aromatic carbocycles. The number of nitrogens with one attached hydrogen (secondary N) is 2. The van der Waals surface area contributed by atoms with Crippen molar-refractivity contribution in [3.8, 4) is 0 Å². The lowest BCUT2D eigenvalue weighted by Crippen LogP contribution is -2.16. The Morgan fingerprint density at radius 2 is 2.10 bits per heavy atom. The molecule has 6 nitrogen and oxygen atoms in total. The maximum absolute atomic E-state index is 6.22. The van der Waals surface area contributed by atoms with E-state index in [9.17, 15) is 0 Å². The fourth-order valence-electron chi connectivity index (χ4n) is 4.06. The number of pyridine rings is 1. The molecule has 1 unspecified atom stereocenters. The summed E-state index contributed by atoms with van der Waals surface area (Å²) < 4.78 is 0. The molecule has 1 aliphatic rings. The number of nitrogens with two attached hydrogens (primary N) is 2. The van der Waals surface area contributed by atoms with E-state index >= 15 is 0 Å². The summed E-state index contributed by atoms with van der Waals surface area (Å²) in [6.07, 6.45) is 6.09. The molecule has 0 fully saturated rings. The van der Waals surface area contributed by atoms with Crippen molar-refractivity contribution in [2.24, 2.45) is 16.5 Å². The van der Waals surface area contributed by atoms with Crippen LogP contribution in [0.2, 0.25) is 0 Å². The van der Waals surface area contributed by atoms with Crippen LogP contribution < -0.4 is 22.1 Å². The van der Waals surface area contributed by atoms with Crippen LogP contribution in [-0.2, 0) is 0 Å². The average molecular weight is 413 g/mol. The monoisotopic (exact) mass is 412 g/mol. The Labute approximate surface area is 182 Å². The number of aromatic nitrogens is 1. The predicted octanol–water partition coefficient (Wildman–Crippen LogP) is 4.03. The first-order valence-electron chi connectivity index (χ1n) is 10.4. The number of fused-ring (bicyclic) bond motifs is 2. The van der Waals surface area contributed by atoms with E-state index in [1.807, 2.05) is 19.2 Å². The summed E-state index contributed by atoms with van der Waals surface area (Å²) in [5.41, 5.74) is 20.0. The fraction of sp³-hybridized carbons (Fsp3) is 0.200. The van der Waals surface area contributed by atoms with Crippen molar-refractivity contribution in [3.05, 3.63) is 83.3 Å². The van der Waals surface area contributed by atoms with E-state index in [0.717, 1.165) is 57.6 Å². The van der Waals surface area contributed by atoms with Gasteiger partial charge < -0.3 is 22.1 Å². The maximum Gasteiger partial charge on any atom is 0.0722 e. The standard InChI is InChI=1S/C25H28N6/c1-16(27)25-21-8-6-18(19(14-26)15-28-2)12-22(21)23(9-11-30-25)31-20-7-5-17-4-3-10-29-24(17)13-20/h3-8,10,12-15,23,30-31H,9,11,26-27H2,1-2H3/b19-14?,25-16-,28-15?. The first-order valence-corrected chi connectivity index (χ1v) is 10.4. The minimum atomic E-state index is 0.0954. The van der Waals surface area contributed by atoms with E-state index in [1.54, 1.807) is 19.5 Å². The highest BCUT2D eigenvalue weighted by molar-refractivity contribution is 6.09. The summed E-state index contributed by atoms with van der Waals surface area (Å²) in [6.45, 7) is 2.74. The molecule has 0 radical (unpaired) electrons. The topological polar surface area (TPSA) is 101 Å². The van der Waals surface area contributed by atoms with E-state index in [4.69, 9.17) is 11.5 Å². The van der Waals surface area contributed by atoms with Crippen LogP contribution in [0.4, 0.5) is 5.69 Å². The van der Waals surface area contributed by atoms with Crippen molar-refractivity contribution in [2.45, 2.75) is 19.4 Å². The maximum atomic E-state index is 6.22. The van der Waals surface area contributed by atoms with Crippen molar-refractivity contribution >= 4 is 34.1 Å². The summed E-state index contributed by atoms with van der Waals surface area (Å²) in [7, 11) is 1.74. The SMILES string of the molecule is CN=CC(=CN)c1ccc2c(c1)C(Nc1ccc3cccnc3c1)CCN/C2=C(/C)N. The van der Waals surface area contributed by atoms with Crippen molar-refractivity contribution in [1.82, 2.24) is 10.3 Å². The van der Waals surface area contributed by atoms with E-state index in [0.29, 0.717) is 0 Å². The van der Waals surface area contributed by atoms with Crippen LogP contribution in [0.5, 0.6) is 0 Å². The predicted molar refractivity (Wildman–Crippen MR) is 131 cm³/mol. The highest BCUT2D eigenvalue weighted by Crippen LogP contribution is 2.34. The van der Waals surface area contributed by atoms with E-state index in [1.165, 1.54) is 5.56 Å². The van der Waals surface area contributed by atoms with Gasteiger partial charge in [0.05, 0.1) is 17.3 Å². The van der Waals surface area contributed by atoms with Crippen LogP contribution in [0.25, 0.3) is 22.2 Å². The van der Waals surface area contributed by atoms with Gasteiger partial charge in [0.25, 0.3) is 0 Å². The van der Waals surface area contributed by atoms with E-state index < -0.39 is 0 Å². The average Bonchev–Trinajstić information content (AvgIpc) is 2.96. The van der Waals surface area contributed by atoms with E-state index in [2.05, 4.69) is 63.1 Å². The number of benzene rings is 2. The molecule has 158 valence electrons. The number of hydrogen-bond donors (Lipinski definition) is 4. The normalized spacial score (nSPS) is 18.4. The van der Waals surface area contributed by atoms with Gasteiger partial charge in [0, 0.05) is 60.1 Å². The van der Waals surface area contributed by atoms with Crippen LogP contribution in [-0.4, -0.2) is 24.8 Å². The largest absolute Gasteiger partial charge is 0.404 e. The number of hydrogen-bond acceptors (Lipinski definition) is 6. The van der Waals surface area contributed by atoms with Crippen molar-refractivity contribution < 1.29 is 0 Å². The van der Waals surface area contributed by atoms with Gasteiger partial charge in [-0.1, -0.05) is 24.3 Å². The highest BCUT2D eigenvalue weighted by Gasteiger charge is 2.23. The first-order chi connectivity index (χ1) is 15.1. The zero-order valence-electron chi connectivity index (χ0n) is 17.9. The third-order valence-corrected chi connectivity index (χ3v) is 5.55. The highest BCUT2D eigenvalue weighted by atomic mass is 15.0. The van der Waals surface area contributed by atoms with Gasteiger partial charge in [-0.05, 0) is 48.7 Å². The number of rotatable bonds is 4. The van der Waals surface area contributed by atoms with Gasteiger partial charge in [-0.15, -0.1) is 0 Å². The Balaban J connectivity index is 1.79. The second-order valence-corrected chi connectivity index (χ2v) is 7.69. The van der Waals surface area contributed by atoms with Gasteiger partial charge in [0.1, 0.15) is 0 Å². The summed E-state index contributed by atoms with van der Waals surface area (Å²) >= 11 is 0. The lowest BCUT2D eigenvalue weighted by Gasteiger charge is -2.22. The Morgan fingerprint density at radius 3 is 2.87 bits per heavy atom. The molecule has 0 saturated heterocycles. The van der Waals surface area contributed by atoms with Crippen LogP contribution in [0, 0.1) is 0 Å². The molecule has 0 spiro atoms. The number of allylic oxidation sites excluding steroid dienone is 2. The minimum Gasteiger partial charge on any atom is -0.404 e. The molecule has 3 aromatic rings. The van der Waals surface area contributed by atoms with Crippen molar-refractivity contribution in [3.63, 3.8) is 0 Å². The van der Waals surface area contributed by atoms with Crippen LogP contribution in [0.15, 0.2) is 71.6 Å². The van der Waals surface area contributed by atoms with Gasteiger partial charge in [0.2, 0.25) is 0 Å². The molecule has 6 N–H and O–H groups in total. The molecule has 1 aliphatic heterocycles. The molecule has 6 heteroatoms. The number of anilines is 1. The smallest absolute Gasteiger partial charge is 0.0722 e. The molecule has 0 amide bonds. The molecular weight excluding hydrogens is 384 g/mol. The minimum absolute atomic E-state index is 0.0954. The summed E-state index contributed by atoms with van der Waals surface area (Å²) in [5, 5.41) is 8.35. The molecule has 4 rings (SSSR count). The summed E-state index contributed by atoms with van der Waals surface area (Å²) in [4.78, 5) is 8.62. The fourth-order valence-corrected chi connectivity index (χ4v) is 4.06. The molecular formula is C25H28N6. The molecule has 0 bridgehead atoms. The van der Waals surface area contributed by atoms with Gasteiger partial charge in [0.15, 0.2) is 0 Å². The lowest BCUT2D eigenvalue weighted by molar-refractivity contribution is 0.683. The molecule has 31 heavy (non-hydrogen) atoms. The Hall–Kier alpha value is -3.80. The van der Waals surface area contributed by atoms with Crippen LogP contribution in [0.1, 0.15) is 36.1 Å². The Kier molecular flexibility index (Phi) is 5.89. The van der Waals surface area contributed by atoms with Crippen molar-refractivity contribution in [2.75, 3.05) is 18.9 Å². The number of nitrogens with zero attached hydrogens (tertiary/aromatic N) is 2. The van der Waals surface area contributed by atoms with Gasteiger partial charge >= 0.3 is 0 Å². The molecule has 1 aromatic heterocycles. The molecule has 0 aliphatic carbocycles. The Bertz CT molecular complexity index is 1190. The summed E-state index contributed by atoms with van der Waals surface area (Å²) in [6, 6.07) is 16.8. The Morgan fingerprint density at radius 1 is 1.23 bits per heavy atom.